The fourth-order valence-corrected chi connectivity index (χ4v) is 4.03. The van der Waals surface area contributed by atoms with Gasteiger partial charge in [0.05, 0.1) is 23.9 Å². The number of fused-ring (bicyclic) bond motifs is 1. The first-order chi connectivity index (χ1) is 11.1. The molecule has 2 unspecified atom stereocenters. The van der Waals surface area contributed by atoms with Crippen LogP contribution in [-0.4, -0.2) is 45.7 Å². The Labute approximate surface area is 140 Å². The molecule has 1 saturated heterocycles. The Morgan fingerprint density at radius 3 is 2.83 bits per heavy atom. The lowest BCUT2D eigenvalue weighted by Gasteiger charge is -2.39. The molecule has 1 aliphatic rings. The number of aromatic nitrogens is 2. The van der Waals surface area contributed by atoms with E-state index in [1.165, 1.54) is 18.2 Å². The van der Waals surface area contributed by atoms with E-state index in [2.05, 4.69) is 23.8 Å². The van der Waals surface area contributed by atoms with Crippen LogP contribution in [0.5, 0.6) is 5.75 Å². The highest BCUT2D eigenvalue weighted by Gasteiger charge is 2.28. The molecule has 1 fully saturated rings. The van der Waals surface area contributed by atoms with Crippen molar-refractivity contribution >= 4 is 28.7 Å². The molecular weight excluding hydrogens is 310 g/mol. The van der Waals surface area contributed by atoms with Gasteiger partial charge in [0.25, 0.3) is 0 Å². The van der Waals surface area contributed by atoms with Gasteiger partial charge in [0, 0.05) is 18.2 Å². The van der Waals surface area contributed by atoms with Gasteiger partial charge >= 0.3 is 0 Å². The van der Waals surface area contributed by atoms with Crippen LogP contribution in [0.1, 0.15) is 33.1 Å². The Morgan fingerprint density at radius 1 is 1.39 bits per heavy atom. The summed E-state index contributed by atoms with van der Waals surface area (Å²) in [5, 5.41) is 0.777. The first kappa shape index (κ1) is 16.2. The van der Waals surface area contributed by atoms with Crippen LogP contribution in [-0.2, 0) is 4.79 Å². The first-order valence-corrected chi connectivity index (χ1v) is 9.04. The second kappa shape index (κ2) is 6.83. The zero-order valence-corrected chi connectivity index (χ0v) is 14.7. The highest BCUT2D eigenvalue weighted by atomic mass is 32.2. The van der Waals surface area contributed by atoms with E-state index in [1.54, 1.807) is 7.11 Å². The maximum atomic E-state index is 12.6. The third kappa shape index (κ3) is 3.47. The summed E-state index contributed by atoms with van der Waals surface area (Å²) in [6.45, 7) is 4.29. The average Bonchev–Trinajstić information content (AvgIpc) is 2.94. The summed E-state index contributed by atoms with van der Waals surface area (Å²) in [7, 11) is 1.65. The number of H-pyrrole nitrogens is 1. The SMILES string of the molecule is COc1ccc2nc(SCC(=O)N3C(C)CCCC3C)[nH]c2c1. The molecule has 1 aromatic carbocycles. The fourth-order valence-electron chi connectivity index (χ4n) is 3.28. The van der Waals surface area contributed by atoms with E-state index < -0.39 is 0 Å². The van der Waals surface area contributed by atoms with Crippen molar-refractivity contribution in [2.45, 2.75) is 50.4 Å². The number of nitrogens with one attached hydrogen (secondary N) is 1. The molecule has 3 rings (SSSR count). The van der Waals surface area contributed by atoms with E-state index in [9.17, 15) is 4.79 Å². The molecule has 0 radical (unpaired) electrons. The number of piperidine rings is 1. The number of thioether (sulfide) groups is 1. The van der Waals surface area contributed by atoms with Gasteiger partial charge in [-0.15, -0.1) is 0 Å². The number of amides is 1. The zero-order chi connectivity index (χ0) is 16.4. The van der Waals surface area contributed by atoms with Crippen LogP contribution in [0.15, 0.2) is 23.4 Å². The van der Waals surface area contributed by atoms with E-state index in [4.69, 9.17) is 4.74 Å². The minimum Gasteiger partial charge on any atom is -0.497 e. The molecule has 0 saturated carbocycles. The van der Waals surface area contributed by atoms with Crippen molar-refractivity contribution < 1.29 is 9.53 Å². The number of carbonyl (C=O) groups excluding carboxylic acids is 1. The highest BCUT2D eigenvalue weighted by molar-refractivity contribution is 7.99. The molecule has 1 aliphatic heterocycles. The molecule has 5 nitrogen and oxygen atoms in total. The minimum absolute atomic E-state index is 0.202. The molecule has 0 spiro atoms. The molecule has 2 heterocycles. The predicted molar refractivity (Wildman–Crippen MR) is 93.0 cm³/mol. The first-order valence-electron chi connectivity index (χ1n) is 8.06. The van der Waals surface area contributed by atoms with Crippen molar-refractivity contribution in [3.63, 3.8) is 0 Å². The Bertz CT molecular complexity index is 690. The second-order valence-electron chi connectivity index (χ2n) is 6.14. The molecular formula is C17H23N3O2S. The number of rotatable bonds is 4. The van der Waals surface area contributed by atoms with Crippen LogP contribution in [0.3, 0.4) is 0 Å². The van der Waals surface area contributed by atoms with Crippen LogP contribution >= 0.6 is 11.8 Å². The molecule has 23 heavy (non-hydrogen) atoms. The van der Waals surface area contributed by atoms with Crippen molar-refractivity contribution in [1.82, 2.24) is 14.9 Å². The van der Waals surface area contributed by atoms with Gasteiger partial charge in [0.1, 0.15) is 5.75 Å². The van der Waals surface area contributed by atoms with Gasteiger partial charge < -0.3 is 14.6 Å². The average molecular weight is 333 g/mol. The molecule has 1 aromatic heterocycles. The van der Waals surface area contributed by atoms with Gasteiger partial charge in [0.2, 0.25) is 5.91 Å². The van der Waals surface area contributed by atoms with E-state index in [0.29, 0.717) is 17.8 Å². The number of hydrogen-bond acceptors (Lipinski definition) is 4. The Kier molecular flexibility index (Phi) is 4.80. The van der Waals surface area contributed by atoms with Gasteiger partial charge in [0.15, 0.2) is 5.16 Å². The largest absolute Gasteiger partial charge is 0.497 e. The maximum Gasteiger partial charge on any atom is 0.233 e. The van der Waals surface area contributed by atoms with E-state index in [1.807, 2.05) is 23.1 Å². The molecule has 0 aliphatic carbocycles. The highest BCUT2D eigenvalue weighted by Crippen LogP contribution is 2.26. The summed E-state index contributed by atoms with van der Waals surface area (Å²) < 4.78 is 5.22. The zero-order valence-electron chi connectivity index (χ0n) is 13.8. The van der Waals surface area contributed by atoms with Gasteiger partial charge in [-0.2, -0.15) is 0 Å². The molecule has 2 aromatic rings. The van der Waals surface area contributed by atoms with Crippen LogP contribution in [0.25, 0.3) is 11.0 Å². The molecule has 1 N–H and O–H groups in total. The van der Waals surface area contributed by atoms with E-state index in [-0.39, 0.29) is 5.91 Å². The molecule has 124 valence electrons. The fraction of sp³-hybridized carbons (Fsp3) is 0.529. The third-order valence-electron chi connectivity index (χ3n) is 4.48. The monoisotopic (exact) mass is 333 g/mol. The second-order valence-corrected chi connectivity index (χ2v) is 7.11. The third-order valence-corrected chi connectivity index (χ3v) is 5.34. The molecule has 6 heteroatoms. The van der Waals surface area contributed by atoms with Crippen LogP contribution in [0.4, 0.5) is 0 Å². The van der Waals surface area contributed by atoms with Gasteiger partial charge in [-0.3, -0.25) is 4.79 Å². The van der Waals surface area contributed by atoms with E-state index in [0.717, 1.165) is 34.8 Å². The Morgan fingerprint density at radius 2 is 2.13 bits per heavy atom. The van der Waals surface area contributed by atoms with Gasteiger partial charge in [-0.05, 0) is 45.2 Å². The number of likely N-dealkylation sites (tertiary alicyclic amines) is 1. The smallest absolute Gasteiger partial charge is 0.233 e. The van der Waals surface area contributed by atoms with Crippen molar-refractivity contribution in [2.24, 2.45) is 0 Å². The normalized spacial score (nSPS) is 21.6. The predicted octanol–water partition coefficient (Wildman–Crippen LogP) is 3.45. The number of imidazole rings is 1. The Hall–Kier alpha value is -1.69. The van der Waals surface area contributed by atoms with Crippen molar-refractivity contribution in [1.29, 1.82) is 0 Å². The topological polar surface area (TPSA) is 58.2 Å². The number of benzene rings is 1. The van der Waals surface area contributed by atoms with Crippen LogP contribution < -0.4 is 4.74 Å². The minimum atomic E-state index is 0.202. The van der Waals surface area contributed by atoms with Gasteiger partial charge in [-0.25, -0.2) is 4.98 Å². The lowest BCUT2D eigenvalue weighted by molar-refractivity contribution is -0.134. The number of aromatic amines is 1. The Balaban J connectivity index is 1.66. The summed E-state index contributed by atoms with van der Waals surface area (Å²) in [6.07, 6.45) is 3.42. The van der Waals surface area contributed by atoms with Crippen molar-refractivity contribution in [3.05, 3.63) is 18.2 Å². The lowest BCUT2D eigenvalue weighted by Crippen LogP contribution is -2.48. The van der Waals surface area contributed by atoms with E-state index >= 15 is 0 Å². The van der Waals surface area contributed by atoms with Crippen LogP contribution in [0, 0.1) is 0 Å². The van der Waals surface area contributed by atoms with Crippen LogP contribution in [0.2, 0.25) is 0 Å². The lowest BCUT2D eigenvalue weighted by atomic mass is 9.98. The molecule has 2 atom stereocenters. The molecule has 1 amide bonds. The summed E-state index contributed by atoms with van der Waals surface area (Å²) >= 11 is 1.47. The summed E-state index contributed by atoms with van der Waals surface area (Å²) in [5.41, 5.74) is 1.82. The summed E-state index contributed by atoms with van der Waals surface area (Å²) in [6, 6.07) is 6.41. The maximum absolute atomic E-state index is 12.6. The standard InChI is InChI=1S/C17H23N3O2S/c1-11-5-4-6-12(2)20(11)16(21)10-23-17-18-14-8-7-13(22-3)9-15(14)19-17/h7-9,11-12H,4-6,10H2,1-3H3,(H,18,19). The quantitative estimate of drug-likeness (QED) is 0.871. The number of ether oxygens (including phenoxy) is 1. The molecule has 0 bridgehead atoms. The van der Waals surface area contributed by atoms with Crippen molar-refractivity contribution in [2.75, 3.05) is 12.9 Å². The number of carbonyl (C=O) groups is 1. The number of nitrogens with zero attached hydrogens (tertiary/aromatic N) is 2. The van der Waals surface area contributed by atoms with Gasteiger partial charge in [-0.1, -0.05) is 11.8 Å². The summed E-state index contributed by atoms with van der Waals surface area (Å²) in [4.78, 5) is 22.4. The summed E-state index contributed by atoms with van der Waals surface area (Å²) in [5.74, 6) is 1.42. The number of hydrogen-bond donors (Lipinski definition) is 1. The number of methoxy groups -OCH3 is 1. The van der Waals surface area contributed by atoms with Crippen molar-refractivity contribution in [3.8, 4) is 5.75 Å².